The van der Waals surface area contributed by atoms with Gasteiger partial charge in [0.15, 0.2) is 0 Å². The summed E-state index contributed by atoms with van der Waals surface area (Å²) < 4.78 is 0. The van der Waals surface area contributed by atoms with Gasteiger partial charge in [-0.15, -0.1) is 0 Å². The van der Waals surface area contributed by atoms with Gasteiger partial charge in [-0.05, 0) is 6.42 Å². The monoisotopic (exact) mass is 203 g/mol. The van der Waals surface area contributed by atoms with Crippen molar-refractivity contribution in [3.8, 4) is 0 Å². The number of nitrogens with zero attached hydrogens (tertiary/aromatic N) is 3. The second-order valence-electron chi connectivity index (χ2n) is 3.63. The van der Waals surface area contributed by atoms with E-state index in [1.54, 1.807) is 0 Å². The van der Waals surface area contributed by atoms with Gasteiger partial charge in [0.25, 0.3) is 0 Å². The summed E-state index contributed by atoms with van der Waals surface area (Å²) in [5.41, 5.74) is 0. The third kappa shape index (κ3) is 5.04. The maximum Gasteiger partial charge on any atom is 0.753 e. The molecule has 0 heterocycles. The van der Waals surface area contributed by atoms with Crippen molar-refractivity contribution in [1.29, 1.82) is 0 Å². The van der Waals surface area contributed by atoms with Crippen LogP contribution in [0, 0.1) is 19.7 Å². The van der Waals surface area contributed by atoms with Gasteiger partial charge in [0.1, 0.15) is 0 Å². The molecule has 0 radical (unpaired) electrons. The van der Waals surface area contributed by atoms with E-state index in [-0.39, 0.29) is 0 Å². The van der Waals surface area contributed by atoms with E-state index in [4.69, 9.17) is 19.7 Å². The molecule has 0 bridgehead atoms. The SMILES string of the molecule is [C-]#[N+]C(CCCCCCCC)([N+]#[C-])[N+]#[C-]. The van der Waals surface area contributed by atoms with E-state index in [1.807, 2.05) is 0 Å². The van der Waals surface area contributed by atoms with Crippen molar-refractivity contribution >= 4 is 0 Å². The van der Waals surface area contributed by atoms with E-state index in [1.165, 1.54) is 19.3 Å². The molecular weight excluding hydrogens is 186 g/mol. The van der Waals surface area contributed by atoms with Gasteiger partial charge in [-0.1, -0.05) is 39.0 Å². The average Bonchev–Trinajstić information content (AvgIpc) is 2.29. The number of unbranched alkanes of at least 4 members (excludes halogenated alkanes) is 5. The van der Waals surface area contributed by atoms with Crippen molar-refractivity contribution in [1.82, 2.24) is 0 Å². The molecule has 0 aromatic carbocycles. The molecule has 0 aromatic rings. The van der Waals surface area contributed by atoms with Crippen LogP contribution in [0.15, 0.2) is 0 Å². The molecule has 80 valence electrons. The minimum absolute atomic E-state index is 0.398. The zero-order valence-corrected chi connectivity index (χ0v) is 9.29. The minimum Gasteiger partial charge on any atom is -0.215 e. The highest BCUT2D eigenvalue weighted by Gasteiger charge is 2.50. The van der Waals surface area contributed by atoms with E-state index >= 15 is 0 Å². The molecule has 0 aliphatic carbocycles. The van der Waals surface area contributed by atoms with Gasteiger partial charge in [0.2, 0.25) is 6.42 Å². The summed E-state index contributed by atoms with van der Waals surface area (Å²) >= 11 is 0. The van der Waals surface area contributed by atoms with Crippen molar-refractivity contribution in [3.63, 3.8) is 0 Å². The smallest absolute Gasteiger partial charge is 0.215 e. The molecule has 0 aromatic heterocycles. The Morgan fingerprint density at radius 3 is 1.73 bits per heavy atom. The molecule has 0 saturated carbocycles. The van der Waals surface area contributed by atoms with E-state index in [0.29, 0.717) is 6.42 Å². The Kier molecular flexibility index (Phi) is 7.04. The predicted molar refractivity (Wildman–Crippen MR) is 60.5 cm³/mol. The summed E-state index contributed by atoms with van der Waals surface area (Å²) in [5, 5.41) is 0. The van der Waals surface area contributed by atoms with Crippen LogP contribution < -0.4 is 0 Å². The molecule has 0 rings (SSSR count). The minimum atomic E-state index is -1.45. The van der Waals surface area contributed by atoms with Crippen LogP contribution >= 0.6 is 0 Å². The molecule has 0 fully saturated rings. The Morgan fingerprint density at radius 2 is 1.27 bits per heavy atom. The maximum atomic E-state index is 6.85. The quantitative estimate of drug-likeness (QED) is 0.435. The average molecular weight is 203 g/mol. The first kappa shape index (κ1) is 13.5. The predicted octanol–water partition coefficient (Wildman–Crippen LogP) is 4.15. The fraction of sp³-hybridized carbons (Fsp3) is 0.750. The fourth-order valence-electron chi connectivity index (χ4n) is 1.39. The van der Waals surface area contributed by atoms with Gasteiger partial charge in [0, 0.05) is 0 Å². The largest absolute Gasteiger partial charge is 0.753 e. The third-order valence-electron chi connectivity index (χ3n) is 2.40. The van der Waals surface area contributed by atoms with Crippen LogP contribution in [-0.4, -0.2) is 5.79 Å². The van der Waals surface area contributed by atoms with Crippen LogP contribution in [0.4, 0.5) is 0 Å². The Hall–Kier alpha value is -1.53. The number of rotatable bonds is 7. The molecule has 0 aliphatic heterocycles. The van der Waals surface area contributed by atoms with Gasteiger partial charge in [-0.2, -0.15) is 14.5 Å². The van der Waals surface area contributed by atoms with Gasteiger partial charge in [-0.25, -0.2) is 19.7 Å². The molecule has 0 saturated heterocycles. The highest BCUT2D eigenvalue weighted by molar-refractivity contribution is 5.11. The van der Waals surface area contributed by atoms with E-state index < -0.39 is 5.79 Å². The van der Waals surface area contributed by atoms with Crippen LogP contribution in [0.25, 0.3) is 14.5 Å². The van der Waals surface area contributed by atoms with Gasteiger partial charge in [-0.3, -0.25) is 0 Å². The van der Waals surface area contributed by atoms with Crippen molar-refractivity contribution < 1.29 is 0 Å². The standard InChI is InChI=1S/C12H17N3/c1-5-6-7-8-9-10-11-12(13-2,14-3)15-4/h5-11H2,1H3. The van der Waals surface area contributed by atoms with E-state index in [2.05, 4.69) is 21.5 Å². The summed E-state index contributed by atoms with van der Waals surface area (Å²) in [5.74, 6) is -1.45. The van der Waals surface area contributed by atoms with E-state index in [9.17, 15) is 0 Å². The summed E-state index contributed by atoms with van der Waals surface area (Å²) in [6.45, 7) is 22.7. The molecule has 0 spiro atoms. The fourth-order valence-corrected chi connectivity index (χ4v) is 1.39. The summed E-state index contributed by atoms with van der Waals surface area (Å²) in [7, 11) is 0. The molecular formula is C12H17N3. The van der Waals surface area contributed by atoms with Gasteiger partial charge < -0.3 is 0 Å². The second kappa shape index (κ2) is 7.84. The first-order valence-corrected chi connectivity index (χ1v) is 5.40. The Labute approximate surface area is 92.6 Å². The summed E-state index contributed by atoms with van der Waals surface area (Å²) in [6, 6.07) is 0. The lowest BCUT2D eigenvalue weighted by atomic mass is 10.1. The normalized spacial score (nSPS) is 10.0. The van der Waals surface area contributed by atoms with Crippen LogP contribution in [-0.2, 0) is 0 Å². The van der Waals surface area contributed by atoms with Gasteiger partial charge in [0.05, 0.1) is 0 Å². The molecule has 0 amide bonds. The van der Waals surface area contributed by atoms with Gasteiger partial charge >= 0.3 is 5.79 Å². The molecule has 0 atom stereocenters. The zero-order chi connectivity index (χ0) is 11.6. The lowest BCUT2D eigenvalue weighted by Crippen LogP contribution is -2.13. The Bertz CT molecular complexity index is 251. The van der Waals surface area contributed by atoms with Crippen LogP contribution in [0.3, 0.4) is 0 Å². The molecule has 3 nitrogen and oxygen atoms in total. The molecule has 3 heteroatoms. The highest BCUT2D eigenvalue weighted by atomic mass is 15.2. The van der Waals surface area contributed by atoms with Crippen LogP contribution in [0.5, 0.6) is 0 Å². The third-order valence-corrected chi connectivity index (χ3v) is 2.40. The highest BCUT2D eigenvalue weighted by Crippen LogP contribution is 2.23. The van der Waals surface area contributed by atoms with Crippen molar-refractivity contribution in [2.75, 3.05) is 0 Å². The topological polar surface area (TPSA) is 13.1 Å². The summed E-state index contributed by atoms with van der Waals surface area (Å²) in [6.07, 6.45) is 7.08. The van der Waals surface area contributed by atoms with E-state index in [0.717, 1.165) is 19.3 Å². The van der Waals surface area contributed by atoms with Crippen molar-refractivity contribution in [2.24, 2.45) is 0 Å². The first-order valence-electron chi connectivity index (χ1n) is 5.40. The molecule has 15 heavy (non-hydrogen) atoms. The lowest BCUT2D eigenvalue weighted by Gasteiger charge is -1.98. The van der Waals surface area contributed by atoms with Crippen LogP contribution in [0.1, 0.15) is 51.9 Å². The molecule has 0 aliphatic rings. The first-order chi connectivity index (χ1) is 7.24. The van der Waals surface area contributed by atoms with Crippen molar-refractivity contribution in [3.05, 3.63) is 34.3 Å². The van der Waals surface area contributed by atoms with Crippen LogP contribution in [0.2, 0.25) is 0 Å². The Morgan fingerprint density at radius 1 is 0.800 bits per heavy atom. The summed E-state index contributed by atoms with van der Waals surface area (Å²) in [4.78, 5) is 9.40. The zero-order valence-electron chi connectivity index (χ0n) is 9.29. The second-order valence-corrected chi connectivity index (χ2v) is 3.63. The number of hydrogen-bond donors (Lipinski definition) is 0. The lowest BCUT2D eigenvalue weighted by molar-refractivity contribution is 0.551. The Balaban J connectivity index is 3.72. The number of hydrogen-bond acceptors (Lipinski definition) is 0. The maximum absolute atomic E-state index is 6.85. The van der Waals surface area contributed by atoms with Crippen molar-refractivity contribution in [2.45, 2.75) is 57.7 Å². The molecule has 0 N–H and O–H groups in total. The molecule has 0 unspecified atom stereocenters.